The molecule has 4 aromatic rings. The van der Waals surface area contributed by atoms with Gasteiger partial charge in [-0.25, -0.2) is 0 Å². The average molecular weight is 430 g/mol. The van der Waals surface area contributed by atoms with E-state index in [4.69, 9.17) is 13.9 Å². The molecule has 0 aliphatic carbocycles. The molecular formula is C25H18O7. The highest BCUT2D eigenvalue weighted by Crippen LogP contribution is 2.46. The van der Waals surface area contributed by atoms with Crippen LogP contribution in [0.4, 0.5) is 0 Å². The first kappa shape index (κ1) is 19.7. The van der Waals surface area contributed by atoms with E-state index in [0.29, 0.717) is 11.1 Å². The van der Waals surface area contributed by atoms with Crippen molar-refractivity contribution in [3.63, 3.8) is 0 Å². The molecule has 0 fully saturated rings. The molecule has 7 nitrogen and oxygen atoms in total. The fourth-order valence-corrected chi connectivity index (χ4v) is 4.11. The Bertz CT molecular complexity index is 1420. The second-order valence-corrected chi connectivity index (χ2v) is 7.51. The summed E-state index contributed by atoms with van der Waals surface area (Å²) in [6.45, 7) is 0. The molecule has 1 aromatic heterocycles. The maximum atomic E-state index is 13.0. The third-order valence-electron chi connectivity index (χ3n) is 5.59. The quantitative estimate of drug-likeness (QED) is 0.368. The molecule has 2 N–H and O–H groups in total. The van der Waals surface area contributed by atoms with Gasteiger partial charge in [-0.3, -0.25) is 9.59 Å². The van der Waals surface area contributed by atoms with E-state index in [0.717, 1.165) is 5.56 Å². The molecule has 0 saturated heterocycles. The molecule has 160 valence electrons. The lowest BCUT2D eigenvalue weighted by atomic mass is 9.85. The lowest BCUT2D eigenvalue weighted by Gasteiger charge is -2.26. The largest absolute Gasteiger partial charge is 0.507 e. The Morgan fingerprint density at radius 1 is 0.969 bits per heavy atom. The van der Waals surface area contributed by atoms with Crippen molar-refractivity contribution < 1.29 is 28.9 Å². The Hall–Kier alpha value is -4.26. The summed E-state index contributed by atoms with van der Waals surface area (Å²) in [7, 11) is 1.44. The molecule has 0 bridgehead atoms. The van der Waals surface area contributed by atoms with Gasteiger partial charge in [-0.15, -0.1) is 0 Å². The SMILES string of the molecule is COc1ccc(-c2cc(=O)c3c(O)cc4c(c3o2)[C@H](c2ccccc2)CC(=O)O4)cc1O. The van der Waals surface area contributed by atoms with Gasteiger partial charge in [0.15, 0.2) is 16.9 Å². The van der Waals surface area contributed by atoms with Crippen molar-refractivity contribution in [2.75, 3.05) is 7.11 Å². The van der Waals surface area contributed by atoms with Crippen LogP contribution in [0.25, 0.3) is 22.3 Å². The highest BCUT2D eigenvalue weighted by Gasteiger charge is 2.33. The summed E-state index contributed by atoms with van der Waals surface area (Å²) >= 11 is 0. The molecule has 1 aliphatic rings. The van der Waals surface area contributed by atoms with Crippen molar-refractivity contribution in [1.82, 2.24) is 0 Å². The van der Waals surface area contributed by atoms with Gasteiger partial charge in [0, 0.05) is 29.2 Å². The van der Waals surface area contributed by atoms with E-state index >= 15 is 0 Å². The number of fused-ring (bicyclic) bond motifs is 3. The Morgan fingerprint density at radius 3 is 2.47 bits per heavy atom. The number of phenols is 2. The standard InChI is InChI=1S/C25H18O7/c1-30-19-8-7-14(9-16(19)26)20-11-17(27)24-18(28)12-21-23(25(24)32-20)15(10-22(29)31-21)13-5-3-2-4-6-13/h2-9,11-12,15,26,28H,10H2,1H3/t15-/m0/s1. The minimum Gasteiger partial charge on any atom is -0.507 e. The van der Waals surface area contributed by atoms with E-state index in [9.17, 15) is 19.8 Å². The fraction of sp³-hybridized carbons (Fsp3) is 0.120. The minimum atomic E-state index is -0.458. The fourth-order valence-electron chi connectivity index (χ4n) is 4.11. The summed E-state index contributed by atoms with van der Waals surface area (Å²) in [5.74, 6) is -0.681. The van der Waals surface area contributed by atoms with Crippen LogP contribution >= 0.6 is 0 Å². The molecular weight excluding hydrogens is 412 g/mol. The van der Waals surface area contributed by atoms with E-state index in [1.807, 2.05) is 30.3 Å². The third-order valence-corrected chi connectivity index (χ3v) is 5.59. The van der Waals surface area contributed by atoms with Gasteiger partial charge in [0.05, 0.1) is 13.5 Å². The Morgan fingerprint density at radius 2 is 1.75 bits per heavy atom. The van der Waals surface area contributed by atoms with E-state index in [2.05, 4.69) is 0 Å². The van der Waals surface area contributed by atoms with Gasteiger partial charge in [-0.05, 0) is 23.8 Å². The van der Waals surface area contributed by atoms with Crippen LogP contribution in [0.5, 0.6) is 23.0 Å². The van der Waals surface area contributed by atoms with Crippen LogP contribution in [0, 0.1) is 0 Å². The zero-order chi connectivity index (χ0) is 22.4. The van der Waals surface area contributed by atoms with Crippen LogP contribution in [-0.2, 0) is 4.79 Å². The van der Waals surface area contributed by atoms with E-state index in [1.165, 1.54) is 25.3 Å². The monoisotopic (exact) mass is 430 g/mol. The number of hydrogen-bond donors (Lipinski definition) is 2. The Balaban J connectivity index is 1.80. The number of esters is 1. The number of carbonyl (C=O) groups is 1. The first-order chi connectivity index (χ1) is 15.5. The van der Waals surface area contributed by atoms with Gasteiger partial charge in [-0.2, -0.15) is 0 Å². The summed E-state index contributed by atoms with van der Waals surface area (Å²) in [4.78, 5) is 25.3. The minimum absolute atomic E-state index is 0.00381. The Labute approximate surface area is 182 Å². The van der Waals surface area contributed by atoms with Crippen LogP contribution in [-0.4, -0.2) is 23.3 Å². The van der Waals surface area contributed by atoms with Crippen molar-refractivity contribution in [1.29, 1.82) is 0 Å². The highest BCUT2D eigenvalue weighted by molar-refractivity contribution is 5.93. The van der Waals surface area contributed by atoms with Gasteiger partial charge < -0.3 is 24.1 Å². The van der Waals surface area contributed by atoms with Crippen LogP contribution in [0.3, 0.4) is 0 Å². The average Bonchev–Trinajstić information content (AvgIpc) is 2.78. The molecule has 7 heteroatoms. The van der Waals surface area contributed by atoms with Gasteiger partial charge in [-0.1, -0.05) is 30.3 Å². The van der Waals surface area contributed by atoms with Gasteiger partial charge in [0.2, 0.25) is 0 Å². The second kappa shape index (κ2) is 7.46. The highest BCUT2D eigenvalue weighted by atomic mass is 16.5. The van der Waals surface area contributed by atoms with Crippen LogP contribution in [0.1, 0.15) is 23.5 Å². The lowest BCUT2D eigenvalue weighted by molar-refractivity contribution is -0.135. The van der Waals surface area contributed by atoms with Crippen molar-refractivity contribution in [2.45, 2.75) is 12.3 Å². The van der Waals surface area contributed by atoms with Crippen LogP contribution in [0.2, 0.25) is 0 Å². The van der Waals surface area contributed by atoms with Crippen molar-refractivity contribution in [3.05, 3.63) is 82.0 Å². The maximum absolute atomic E-state index is 13.0. The number of carbonyl (C=O) groups excluding carboxylic acids is 1. The van der Waals surface area contributed by atoms with Crippen LogP contribution < -0.4 is 14.9 Å². The first-order valence-electron chi connectivity index (χ1n) is 9.93. The normalized spacial score (nSPS) is 15.3. The third kappa shape index (κ3) is 3.15. The summed E-state index contributed by atoms with van der Waals surface area (Å²) in [5, 5.41) is 20.7. The zero-order valence-electron chi connectivity index (χ0n) is 17.0. The zero-order valence-corrected chi connectivity index (χ0v) is 17.0. The molecule has 3 aromatic carbocycles. The van der Waals surface area contributed by atoms with Crippen molar-refractivity contribution in [2.24, 2.45) is 0 Å². The van der Waals surface area contributed by atoms with Crippen molar-refractivity contribution >= 4 is 16.9 Å². The van der Waals surface area contributed by atoms with Gasteiger partial charge in [0.25, 0.3) is 0 Å². The van der Waals surface area contributed by atoms with Gasteiger partial charge >= 0.3 is 5.97 Å². The predicted octanol–water partition coefficient (Wildman–Crippen LogP) is 4.32. The number of hydrogen-bond acceptors (Lipinski definition) is 7. The second-order valence-electron chi connectivity index (χ2n) is 7.51. The molecule has 0 spiro atoms. The summed E-state index contributed by atoms with van der Waals surface area (Å²) in [5.41, 5.74) is 1.50. The summed E-state index contributed by atoms with van der Waals surface area (Å²) in [6.07, 6.45) is 0.0636. The number of aromatic hydroxyl groups is 2. The van der Waals surface area contributed by atoms with Crippen LogP contribution in [0.15, 0.2) is 69.9 Å². The van der Waals surface area contributed by atoms with E-state index < -0.39 is 17.3 Å². The van der Waals surface area contributed by atoms with Gasteiger partial charge in [0.1, 0.15) is 28.2 Å². The number of rotatable bonds is 3. The molecule has 5 rings (SSSR count). The number of benzene rings is 3. The summed E-state index contributed by atoms with van der Waals surface area (Å²) in [6, 6.07) is 16.5. The first-order valence-corrected chi connectivity index (χ1v) is 9.93. The number of phenolic OH excluding ortho intramolecular Hbond substituents is 2. The number of ether oxygens (including phenoxy) is 2. The summed E-state index contributed by atoms with van der Waals surface area (Å²) < 4.78 is 16.6. The molecule has 0 amide bonds. The Kier molecular flexibility index (Phi) is 4.59. The van der Waals surface area contributed by atoms with E-state index in [-0.39, 0.29) is 46.1 Å². The predicted molar refractivity (Wildman–Crippen MR) is 116 cm³/mol. The molecule has 2 heterocycles. The smallest absolute Gasteiger partial charge is 0.312 e. The van der Waals surface area contributed by atoms with Crippen molar-refractivity contribution in [3.8, 4) is 34.3 Å². The lowest BCUT2D eigenvalue weighted by Crippen LogP contribution is -2.22. The molecule has 32 heavy (non-hydrogen) atoms. The molecule has 0 unspecified atom stereocenters. The molecule has 1 aliphatic heterocycles. The number of methoxy groups -OCH3 is 1. The molecule has 1 atom stereocenters. The maximum Gasteiger partial charge on any atom is 0.312 e. The van der Waals surface area contributed by atoms with E-state index in [1.54, 1.807) is 12.1 Å². The topological polar surface area (TPSA) is 106 Å². The molecule has 0 saturated carbocycles. The molecule has 0 radical (unpaired) electrons.